The lowest BCUT2D eigenvalue weighted by atomic mass is 9.99. The van der Waals surface area contributed by atoms with Crippen LogP contribution in [0.2, 0.25) is 0 Å². The highest BCUT2D eigenvalue weighted by atomic mass is 16.1. The SMILES string of the molecule is Cc1ccccc1C(=O)NCC1CCCNC1. The normalized spacial score (nSPS) is 19.9. The van der Waals surface area contributed by atoms with Gasteiger partial charge in [0.05, 0.1) is 0 Å². The third-order valence-corrected chi connectivity index (χ3v) is 3.34. The van der Waals surface area contributed by atoms with Crippen molar-refractivity contribution in [1.82, 2.24) is 10.6 Å². The van der Waals surface area contributed by atoms with Gasteiger partial charge in [0.1, 0.15) is 0 Å². The highest BCUT2D eigenvalue weighted by Crippen LogP contribution is 2.10. The summed E-state index contributed by atoms with van der Waals surface area (Å²) in [5.41, 5.74) is 1.82. The molecule has 1 aromatic rings. The van der Waals surface area contributed by atoms with Gasteiger partial charge in [-0.15, -0.1) is 0 Å². The van der Waals surface area contributed by atoms with Crippen molar-refractivity contribution in [3.63, 3.8) is 0 Å². The minimum Gasteiger partial charge on any atom is -0.352 e. The quantitative estimate of drug-likeness (QED) is 0.833. The topological polar surface area (TPSA) is 41.1 Å². The molecule has 0 aromatic heterocycles. The van der Waals surface area contributed by atoms with E-state index in [1.807, 2.05) is 31.2 Å². The van der Waals surface area contributed by atoms with Crippen molar-refractivity contribution < 1.29 is 4.79 Å². The van der Waals surface area contributed by atoms with Gasteiger partial charge in [0.15, 0.2) is 0 Å². The number of benzene rings is 1. The predicted molar refractivity (Wildman–Crippen MR) is 69.1 cm³/mol. The monoisotopic (exact) mass is 232 g/mol. The number of aryl methyl sites for hydroxylation is 1. The lowest BCUT2D eigenvalue weighted by Crippen LogP contribution is -2.38. The van der Waals surface area contributed by atoms with Crippen molar-refractivity contribution in [1.29, 1.82) is 0 Å². The average molecular weight is 232 g/mol. The third-order valence-electron chi connectivity index (χ3n) is 3.34. The molecule has 2 rings (SSSR count). The zero-order chi connectivity index (χ0) is 12.1. The Balaban J connectivity index is 1.87. The van der Waals surface area contributed by atoms with Crippen LogP contribution in [-0.2, 0) is 0 Å². The summed E-state index contributed by atoms with van der Waals surface area (Å²) in [6, 6.07) is 7.71. The van der Waals surface area contributed by atoms with E-state index in [2.05, 4.69) is 10.6 Å². The van der Waals surface area contributed by atoms with Crippen LogP contribution in [0, 0.1) is 12.8 Å². The maximum Gasteiger partial charge on any atom is 0.251 e. The van der Waals surface area contributed by atoms with Gasteiger partial charge in [-0.2, -0.15) is 0 Å². The minimum atomic E-state index is 0.0497. The van der Waals surface area contributed by atoms with Gasteiger partial charge >= 0.3 is 0 Å². The van der Waals surface area contributed by atoms with E-state index in [9.17, 15) is 4.79 Å². The van der Waals surface area contributed by atoms with E-state index in [0.717, 1.165) is 30.8 Å². The van der Waals surface area contributed by atoms with Crippen LogP contribution in [0.5, 0.6) is 0 Å². The van der Waals surface area contributed by atoms with Crippen molar-refractivity contribution in [2.75, 3.05) is 19.6 Å². The van der Waals surface area contributed by atoms with Crippen LogP contribution in [0.15, 0.2) is 24.3 Å². The van der Waals surface area contributed by atoms with Crippen LogP contribution in [0.25, 0.3) is 0 Å². The Morgan fingerprint density at radius 3 is 3.00 bits per heavy atom. The van der Waals surface area contributed by atoms with Crippen LogP contribution >= 0.6 is 0 Å². The maximum atomic E-state index is 12.0. The molecular formula is C14H20N2O. The molecule has 1 aliphatic heterocycles. The molecule has 1 saturated heterocycles. The first kappa shape index (κ1) is 12.1. The molecule has 2 N–H and O–H groups in total. The third kappa shape index (κ3) is 3.30. The van der Waals surface area contributed by atoms with Crippen LogP contribution in [0.1, 0.15) is 28.8 Å². The van der Waals surface area contributed by atoms with Crippen molar-refractivity contribution in [2.45, 2.75) is 19.8 Å². The van der Waals surface area contributed by atoms with E-state index in [1.165, 1.54) is 12.8 Å². The standard InChI is InChI=1S/C14H20N2O/c1-11-5-2-3-7-13(11)14(17)16-10-12-6-4-8-15-9-12/h2-3,5,7,12,15H,4,6,8-10H2,1H3,(H,16,17). The summed E-state index contributed by atoms with van der Waals surface area (Å²) in [5, 5.41) is 6.39. The van der Waals surface area contributed by atoms with Crippen LogP contribution in [0.4, 0.5) is 0 Å². The minimum absolute atomic E-state index is 0.0497. The molecule has 1 heterocycles. The van der Waals surface area contributed by atoms with Gasteiger partial charge in [0.25, 0.3) is 5.91 Å². The van der Waals surface area contributed by atoms with E-state index in [1.54, 1.807) is 0 Å². The maximum absolute atomic E-state index is 12.0. The molecule has 0 bridgehead atoms. The summed E-state index contributed by atoms with van der Waals surface area (Å²) in [6.07, 6.45) is 2.42. The number of nitrogens with one attached hydrogen (secondary N) is 2. The van der Waals surface area contributed by atoms with Crippen molar-refractivity contribution in [3.8, 4) is 0 Å². The van der Waals surface area contributed by atoms with Gasteiger partial charge in [0, 0.05) is 12.1 Å². The molecule has 1 fully saturated rings. The lowest BCUT2D eigenvalue weighted by molar-refractivity contribution is 0.0944. The van der Waals surface area contributed by atoms with Crippen molar-refractivity contribution in [3.05, 3.63) is 35.4 Å². The van der Waals surface area contributed by atoms with Gasteiger partial charge < -0.3 is 10.6 Å². The molecule has 1 atom stereocenters. The van der Waals surface area contributed by atoms with E-state index in [-0.39, 0.29) is 5.91 Å². The second-order valence-corrected chi connectivity index (χ2v) is 4.74. The lowest BCUT2D eigenvalue weighted by Gasteiger charge is -2.23. The fraction of sp³-hybridized carbons (Fsp3) is 0.500. The fourth-order valence-electron chi connectivity index (χ4n) is 2.26. The molecule has 92 valence electrons. The van der Waals surface area contributed by atoms with Crippen molar-refractivity contribution >= 4 is 5.91 Å². The molecule has 0 radical (unpaired) electrons. The Hall–Kier alpha value is -1.35. The summed E-state index contributed by atoms with van der Waals surface area (Å²) >= 11 is 0. The molecule has 1 unspecified atom stereocenters. The highest BCUT2D eigenvalue weighted by molar-refractivity contribution is 5.95. The van der Waals surface area contributed by atoms with Crippen LogP contribution in [-0.4, -0.2) is 25.5 Å². The second-order valence-electron chi connectivity index (χ2n) is 4.74. The smallest absolute Gasteiger partial charge is 0.251 e. The summed E-state index contributed by atoms with van der Waals surface area (Å²) in [4.78, 5) is 12.0. The molecule has 17 heavy (non-hydrogen) atoms. The summed E-state index contributed by atoms with van der Waals surface area (Å²) < 4.78 is 0. The van der Waals surface area contributed by atoms with Gasteiger partial charge in [-0.05, 0) is 50.4 Å². The molecule has 3 nitrogen and oxygen atoms in total. The molecule has 1 aliphatic rings. The molecule has 0 aliphatic carbocycles. The number of piperidine rings is 1. The second kappa shape index (κ2) is 5.82. The number of hydrogen-bond donors (Lipinski definition) is 2. The summed E-state index contributed by atoms with van der Waals surface area (Å²) in [7, 11) is 0. The zero-order valence-corrected chi connectivity index (χ0v) is 10.3. The zero-order valence-electron chi connectivity index (χ0n) is 10.3. The molecule has 0 saturated carbocycles. The number of rotatable bonds is 3. The Labute approximate surface area is 103 Å². The number of carbonyl (C=O) groups excluding carboxylic acids is 1. The fourth-order valence-corrected chi connectivity index (χ4v) is 2.26. The first-order valence-electron chi connectivity index (χ1n) is 6.32. The average Bonchev–Trinajstić information content (AvgIpc) is 2.38. The Bertz CT molecular complexity index is 384. The first-order chi connectivity index (χ1) is 8.27. The highest BCUT2D eigenvalue weighted by Gasteiger charge is 2.14. The van der Waals surface area contributed by atoms with E-state index < -0.39 is 0 Å². The Morgan fingerprint density at radius 1 is 1.47 bits per heavy atom. The van der Waals surface area contributed by atoms with E-state index >= 15 is 0 Å². The van der Waals surface area contributed by atoms with Crippen LogP contribution in [0.3, 0.4) is 0 Å². The van der Waals surface area contributed by atoms with E-state index in [0.29, 0.717) is 5.92 Å². The summed E-state index contributed by atoms with van der Waals surface area (Å²) in [5.74, 6) is 0.630. The number of hydrogen-bond acceptors (Lipinski definition) is 2. The largest absolute Gasteiger partial charge is 0.352 e. The first-order valence-corrected chi connectivity index (χ1v) is 6.32. The van der Waals surface area contributed by atoms with Crippen molar-refractivity contribution in [2.24, 2.45) is 5.92 Å². The molecule has 3 heteroatoms. The van der Waals surface area contributed by atoms with E-state index in [4.69, 9.17) is 0 Å². The van der Waals surface area contributed by atoms with Gasteiger partial charge in [-0.25, -0.2) is 0 Å². The van der Waals surface area contributed by atoms with Gasteiger partial charge in [-0.3, -0.25) is 4.79 Å². The Kier molecular flexibility index (Phi) is 4.15. The van der Waals surface area contributed by atoms with Gasteiger partial charge in [0.2, 0.25) is 0 Å². The predicted octanol–water partition coefficient (Wildman–Crippen LogP) is 1.72. The molecular weight excluding hydrogens is 212 g/mol. The summed E-state index contributed by atoms with van der Waals surface area (Å²) in [6.45, 7) is 4.88. The molecule has 1 amide bonds. The van der Waals surface area contributed by atoms with Gasteiger partial charge in [-0.1, -0.05) is 18.2 Å². The van der Waals surface area contributed by atoms with Crippen LogP contribution < -0.4 is 10.6 Å². The number of carbonyl (C=O) groups is 1. The molecule has 0 spiro atoms. The number of amides is 1. The molecule has 1 aromatic carbocycles. The Morgan fingerprint density at radius 2 is 2.29 bits per heavy atom.